The Labute approximate surface area is 156 Å². The number of carbonyl (C=O) groups is 2. The third-order valence-corrected chi connectivity index (χ3v) is 4.96. The fourth-order valence-corrected chi connectivity index (χ4v) is 3.68. The van der Waals surface area contributed by atoms with Crippen LogP contribution in [0.1, 0.15) is 34.8 Å². The molecule has 1 saturated heterocycles. The minimum atomic E-state index is -0.922. The van der Waals surface area contributed by atoms with Crippen molar-refractivity contribution in [1.82, 2.24) is 19.7 Å². The van der Waals surface area contributed by atoms with Gasteiger partial charge in [0.05, 0.1) is 16.8 Å². The smallest absolute Gasteiger partial charge is 0.325 e. The van der Waals surface area contributed by atoms with Gasteiger partial charge in [0.1, 0.15) is 6.54 Å². The van der Waals surface area contributed by atoms with E-state index in [1.165, 1.54) is 4.68 Å². The molecular weight excluding hydrogens is 344 g/mol. The lowest BCUT2D eigenvalue weighted by Crippen LogP contribution is -2.39. The third kappa shape index (κ3) is 3.53. The van der Waals surface area contributed by atoms with E-state index in [0.717, 1.165) is 29.4 Å². The summed E-state index contributed by atoms with van der Waals surface area (Å²) in [7, 11) is 0. The monoisotopic (exact) mass is 364 g/mol. The van der Waals surface area contributed by atoms with Gasteiger partial charge < -0.3 is 10.0 Å². The normalized spacial score (nSPS) is 17.2. The Morgan fingerprint density at radius 2 is 2.04 bits per heavy atom. The summed E-state index contributed by atoms with van der Waals surface area (Å²) in [4.78, 5) is 30.2. The summed E-state index contributed by atoms with van der Waals surface area (Å²) in [5, 5.41) is 14.1. The highest BCUT2D eigenvalue weighted by Crippen LogP contribution is 2.27. The van der Waals surface area contributed by atoms with E-state index in [9.17, 15) is 9.59 Å². The number of aliphatic carboxylic acids is 1. The first-order valence-electron chi connectivity index (χ1n) is 9.00. The van der Waals surface area contributed by atoms with E-state index in [2.05, 4.69) is 10.1 Å². The number of amides is 1. The number of hydrogen-bond acceptors (Lipinski definition) is 4. The van der Waals surface area contributed by atoms with E-state index in [4.69, 9.17) is 5.11 Å². The minimum Gasteiger partial charge on any atom is -0.480 e. The molecule has 0 radical (unpaired) electrons. The summed E-state index contributed by atoms with van der Waals surface area (Å²) >= 11 is 0. The van der Waals surface area contributed by atoms with Crippen LogP contribution in [0.15, 0.2) is 48.8 Å². The van der Waals surface area contributed by atoms with E-state index < -0.39 is 5.97 Å². The zero-order valence-corrected chi connectivity index (χ0v) is 14.8. The van der Waals surface area contributed by atoms with Crippen LogP contribution < -0.4 is 0 Å². The van der Waals surface area contributed by atoms with Gasteiger partial charge in [-0.3, -0.25) is 19.3 Å². The highest BCUT2D eigenvalue weighted by atomic mass is 16.4. The zero-order valence-electron chi connectivity index (χ0n) is 14.8. The summed E-state index contributed by atoms with van der Waals surface area (Å²) in [6.45, 7) is 1.14. The Hall–Kier alpha value is -3.22. The second-order valence-electron chi connectivity index (χ2n) is 6.80. The van der Waals surface area contributed by atoms with Crippen LogP contribution >= 0.6 is 0 Å². The predicted octanol–water partition coefficient (Wildman–Crippen LogP) is 2.54. The second-order valence-corrected chi connectivity index (χ2v) is 6.80. The summed E-state index contributed by atoms with van der Waals surface area (Å²) in [6.07, 6.45) is 5.18. The van der Waals surface area contributed by atoms with Crippen LogP contribution in [0.2, 0.25) is 0 Å². The lowest BCUT2D eigenvalue weighted by Gasteiger charge is -2.32. The number of hydrogen-bond donors (Lipinski definition) is 1. The molecule has 1 N–H and O–H groups in total. The Bertz CT molecular complexity index is 992. The van der Waals surface area contributed by atoms with Crippen molar-refractivity contribution in [2.45, 2.75) is 25.3 Å². The van der Waals surface area contributed by atoms with Crippen molar-refractivity contribution in [2.75, 3.05) is 13.1 Å². The van der Waals surface area contributed by atoms with E-state index in [1.807, 2.05) is 35.2 Å². The lowest BCUT2D eigenvalue weighted by molar-refractivity contribution is -0.137. The molecule has 1 aliphatic rings. The van der Waals surface area contributed by atoms with Gasteiger partial charge in [0.25, 0.3) is 5.91 Å². The van der Waals surface area contributed by atoms with Crippen LogP contribution in [0.5, 0.6) is 0 Å². The number of benzene rings is 1. The second kappa shape index (κ2) is 7.19. The van der Waals surface area contributed by atoms with Gasteiger partial charge in [0.15, 0.2) is 0 Å². The van der Waals surface area contributed by atoms with Crippen molar-refractivity contribution < 1.29 is 14.7 Å². The van der Waals surface area contributed by atoms with Gasteiger partial charge in [-0.25, -0.2) is 0 Å². The molecule has 1 aliphatic heterocycles. The van der Waals surface area contributed by atoms with E-state index >= 15 is 0 Å². The topological polar surface area (TPSA) is 88.3 Å². The maximum absolute atomic E-state index is 13.1. The first-order chi connectivity index (χ1) is 13.1. The number of pyridine rings is 1. The highest BCUT2D eigenvalue weighted by molar-refractivity contribution is 6.06. The summed E-state index contributed by atoms with van der Waals surface area (Å²) in [5.41, 5.74) is 2.32. The van der Waals surface area contributed by atoms with Crippen LogP contribution in [0, 0.1) is 0 Å². The molecule has 27 heavy (non-hydrogen) atoms. The number of carbonyl (C=O) groups excluding carboxylic acids is 1. The SMILES string of the molecule is O=C(O)Cn1ccc([C@H]2CCCN(C(=O)c3ccnc4ccccc34)C2)n1. The molecule has 3 heterocycles. The molecule has 1 atom stereocenters. The number of aromatic nitrogens is 3. The Morgan fingerprint density at radius 1 is 1.19 bits per heavy atom. The molecular formula is C20H20N4O3. The first-order valence-corrected chi connectivity index (χ1v) is 9.00. The molecule has 1 fully saturated rings. The number of para-hydroxylation sites is 1. The molecule has 1 amide bonds. The molecule has 7 nitrogen and oxygen atoms in total. The van der Waals surface area contributed by atoms with Gasteiger partial charge in [-0.1, -0.05) is 18.2 Å². The molecule has 7 heteroatoms. The Balaban J connectivity index is 1.55. The van der Waals surface area contributed by atoms with E-state index in [0.29, 0.717) is 18.7 Å². The molecule has 0 unspecified atom stereocenters. The summed E-state index contributed by atoms with van der Waals surface area (Å²) in [5.74, 6) is -0.802. The molecule has 0 aliphatic carbocycles. The van der Waals surface area contributed by atoms with Gasteiger partial charge in [0.2, 0.25) is 0 Å². The first kappa shape index (κ1) is 17.2. The van der Waals surface area contributed by atoms with Crippen molar-refractivity contribution >= 4 is 22.8 Å². The average Bonchev–Trinajstić information content (AvgIpc) is 3.15. The fraction of sp³-hybridized carbons (Fsp3) is 0.300. The van der Waals surface area contributed by atoms with Crippen LogP contribution in [-0.4, -0.2) is 49.7 Å². The maximum atomic E-state index is 13.1. The molecule has 2 aromatic heterocycles. The molecule has 0 bridgehead atoms. The quantitative estimate of drug-likeness (QED) is 0.768. The van der Waals surface area contributed by atoms with Gasteiger partial charge in [-0.2, -0.15) is 5.10 Å². The van der Waals surface area contributed by atoms with E-state index in [-0.39, 0.29) is 18.4 Å². The van der Waals surface area contributed by atoms with E-state index in [1.54, 1.807) is 18.5 Å². The zero-order chi connectivity index (χ0) is 18.8. The molecule has 138 valence electrons. The summed E-state index contributed by atoms with van der Waals surface area (Å²) < 4.78 is 1.43. The van der Waals surface area contributed by atoms with Gasteiger partial charge >= 0.3 is 5.97 Å². The van der Waals surface area contributed by atoms with Crippen LogP contribution in [-0.2, 0) is 11.3 Å². The highest BCUT2D eigenvalue weighted by Gasteiger charge is 2.27. The molecule has 4 rings (SSSR count). The van der Waals surface area contributed by atoms with Crippen molar-refractivity contribution in [3.8, 4) is 0 Å². The Morgan fingerprint density at radius 3 is 2.89 bits per heavy atom. The number of rotatable bonds is 4. The number of carboxylic acids is 1. The van der Waals surface area contributed by atoms with Crippen molar-refractivity contribution in [3.63, 3.8) is 0 Å². The van der Waals surface area contributed by atoms with Gasteiger partial charge in [-0.15, -0.1) is 0 Å². The number of carboxylic acid groups (broad SMARTS) is 1. The average molecular weight is 364 g/mol. The third-order valence-electron chi connectivity index (χ3n) is 4.96. The molecule has 3 aromatic rings. The minimum absolute atomic E-state index is 0.00303. The largest absolute Gasteiger partial charge is 0.480 e. The fourth-order valence-electron chi connectivity index (χ4n) is 3.68. The number of likely N-dealkylation sites (tertiary alicyclic amines) is 1. The molecule has 0 spiro atoms. The molecule has 1 aromatic carbocycles. The van der Waals surface area contributed by atoms with Crippen LogP contribution in [0.25, 0.3) is 10.9 Å². The lowest BCUT2D eigenvalue weighted by atomic mass is 9.94. The number of nitrogens with zero attached hydrogens (tertiary/aromatic N) is 4. The Kier molecular flexibility index (Phi) is 4.58. The summed E-state index contributed by atoms with van der Waals surface area (Å²) in [6, 6.07) is 11.3. The van der Waals surface area contributed by atoms with Crippen molar-refractivity contribution in [1.29, 1.82) is 0 Å². The van der Waals surface area contributed by atoms with Crippen molar-refractivity contribution in [3.05, 3.63) is 60.0 Å². The maximum Gasteiger partial charge on any atom is 0.325 e. The van der Waals surface area contributed by atoms with Crippen LogP contribution in [0.4, 0.5) is 0 Å². The van der Waals surface area contributed by atoms with Gasteiger partial charge in [-0.05, 0) is 31.0 Å². The predicted molar refractivity (Wildman–Crippen MR) is 99.5 cm³/mol. The standard InChI is InChI=1S/C20H20N4O3/c25-19(26)13-24-11-8-17(22-24)14-4-3-10-23(12-14)20(27)16-7-9-21-18-6-2-1-5-15(16)18/h1-2,5-9,11,14H,3-4,10,12-13H2,(H,25,26)/t14-/m0/s1. The number of fused-ring (bicyclic) bond motifs is 1. The van der Waals surface area contributed by atoms with Crippen molar-refractivity contribution in [2.24, 2.45) is 0 Å². The van der Waals surface area contributed by atoms with Gasteiger partial charge in [0, 0.05) is 36.8 Å². The number of piperidine rings is 1. The molecule has 0 saturated carbocycles. The van der Waals surface area contributed by atoms with Crippen LogP contribution in [0.3, 0.4) is 0 Å².